The van der Waals surface area contributed by atoms with Gasteiger partial charge in [-0.05, 0) is 33.6 Å². The first-order valence-electron chi connectivity index (χ1n) is 4.10. The Balaban J connectivity index is 1.96. The molecule has 2 rings (SSSR count). The molecule has 0 fully saturated rings. The highest BCUT2D eigenvalue weighted by Crippen LogP contribution is 2.28. The van der Waals surface area contributed by atoms with Crippen LogP contribution in [-0.2, 0) is 5.75 Å². The number of benzene rings is 1. The van der Waals surface area contributed by atoms with Crippen LogP contribution in [0.1, 0.15) is 5.56 Å². The van der Waals surface area contributed by atoms with E-state index >= 15 is 0 Å². The molecule has 2 aromatic rings. The summed E-state index contributed by atoms with van der Waals surface area (Å²) < 4.78 is 1.79. The molecule has 2 nitrogen and oxygen atoms in total. The lowest BCUT2D eigenvalue weighted by Gasteiger charge is -1.98. The molecule has 15 heavy (non-hydrogen) atoms. The Labute approximate surface area is 109 Å². The summed E-state index contributed by atoms with van der Waals surface area (Å²) in [4.78, 5) is 0. The van der Waals surface area contributed by atoms with E-state index in [0.29, 0.717) is 0 Å². The molecule has 0 radical (unpaired) electrons. The summed E-state index contributed by atoms with van der Waals surface area (Å²) in [6.45, 7) is 0. The summed E-state index contributed by atoms with van der Waals surface area (Å²) in [5.74, 6) is 0.888. The quantitative estimate of drug-likeness (QED) is 0.791. The molecule has 0 spiro atoms. The van der Waals surface area contributed by atoms with E-state index in [2.05, 4.69) is 26.1 Å². The van der Waals surface area contributed by atoms with Crippen LogP contribution in [-0.4, -0.2) is 10.2 Å². The third-order valence-corrected chi connectivity index (χ3v) is 4.47. The van der Waals surface area contributed by atoms with E-state index in [4.69, 9.17) is 11.6 Å². The highest BCUT2D eigenvalue weighted by molar-refractivity contribution is 9.11. The third kappa shape index (κ3) is 3.45. The van der Waals surface area contributed by atoms with Gasteiger partial charge < -0.3 is 0 Å². The monoisotopic (exact) mass is 320 g/mol. The van der Waals surface area contributed by atoms with Crippen LogP contribution in [0.5, 0.6) is 0 Å². The maximum Gasteiger partial charge on any atom is 0.184 e. The number of rotatable bonds is 3. The van der Waals surface area contributed by atoms with Crippen molar-refractivity contribution in [1.29, 1.82) is 0 Å². The largest absolute Gasteiger partial charge is 0.184 e. The van der Waals surface area contributed by atoms with Gasteiger partial charge in [0.1, 0.15) is 0 Å². The van der Waals surface area contributed by atoms with Crippen molar-refractivity contribution < 1.29 is 0 Å². The van der Waals surface area contributed by atoms with Crippen molar-refractivity contribution in [2.75, 3.05) is 0 Å². The molecule has 0 atom stereocenters. The Bertz CT molecular complexity index is 444. The fourth-order valence-electron chi connectivity index (χ4n) is 0.977. The van der Waals surface area contributed by atoms with Crippen molar-refractivity contribution in [2.45, 2.75) is 10.1 Å². The first-order chi connectivity index (χ1) is 7.24. The summed E-state index contributed by atoms with van der Waals surface area (Å²) in [6, 6.07) is 7.83. The van der Waals surface area contributed by atoms with Crippen molar-refractivity contribution >= 4 is 50.6 Å². The molecule has 1 aromatic heterocycles. The zero-order chi connectivity index (χ0) is 10.7. The lowest BCUT2D eigenvalue weighted by Crippen LogP contribution is -1.79. The number of nitrogens with zero attached hydrogens (tertiary/aromatic N) is 2. The average molecular weight is 322 g/mol. The molecule has 1 aromatic carbocycles. The van der Waals surface area contributed by atoms with E-state index in [-0.39, 0.29) is 0 Å². The van der Waals surface area contributed by atoms with Crippen molar-refractivity contribution in [3.8, 4) is 0 Å². The van der Waals surface area contributed by atoms with Crippen LogP contribution in [0.4, 0.5) is 0 Å². The number of aromatic nitrogens is 2. The molecule has 1 heterocycles. The minimum Gasteiger partial charge on any atom is -0.131 e. The fourth-order valence-corrected chi connectivity index (χ4v) is 3.50. The van der Waals surface area contributed by atoms with Crippen LogP contribution in [0.25, 0.3) is 0 Å². The highest BCUT2D eigenvalue weighted by Gasteiger charge is 2.02. The van der Waals surface area contributed by atoms with Crippen molar-refractivity contribution in [3.05, 3.63) is 38.8 Å². The molecule has 0 aliphatic carbocycles. The molecule has 0 saturated carbocycles. The Kier molecular flexibility index (Phi) is 4.02. The van der Waals surface area contributed by atoms with Crippen LogP contribution in [0.3, 0.4) is 0 Å². The van der Waals surface area contributed by atoms with Gasteiger partial charge in [0.05, 0.1) is 0 Å². The average Bonchev–Trinajstić information content (AvgIpc) is 2.64. The van der Waals surface area contributed by atoms with Gasteiger partial charge in [-0.3, -0.25) is 0 Å². The first-order valence-corrected chi connectivity index (χ1v) is 7.07. The summed E-state index contributed by atoms with van der Waals surface area (Å²) in [7, 11) is 0. The summed E-state index contributed by atoms with van der Waals surface area (Å²) in [5.41, 5.74) is 1.23. The fraction of sp³-hybridized carbons (Fsp3) is 0.111. The van der Waals surface area contributed by atoms with Gasteiger partial charge in [-0.25, -0.2) is 0 Å². The second-order valence-electron chi connectivity index (χ2n) is 2.74. The highest BCUT2D eigenvalue weighted by atomic mass is 79.9. The summed E-state index contributed by atoms with van der Waals surface area (Å²) in [6.07, 6.45) is 0. The van der Waals surface area contributed by atoms with Gasteiger partial charge in [-0.1, -0.05) is 46.8 Å². The normalized spacial score (nSPS) is 10.5. The van der Waals surface area contributed by atoms with Crippen molar-refractivity contribution in [1.82, 2.24) is 10.2 Å². The van der Waals surface area contributed by atoms with E-state index in [9.17, 15) is 0 Å². The molecular formula is C9H6BrClN2S2. The molecule has 78 valence electrons. The van der Waals surface area contributed by atoms with Crippen LogP contribution in [0.15, 0.2) is 32.5 Å². The van der Waals surface area contributed by atoms with E-state index in [0.717, 1.165) is 19.0 Å². The Morgan fingerprint density at radius 2 is 2.00 bits per heavy atom. The minimum absolute atomic E-state index is 0.766. The molecule has 0 unspecified atom stereocenters. The van der Waals surface area contributed by atoms with Gasteiger partial charge in [0.15, 0.2) is 8.26 Å². The Morgan fingerprint density at radius 1 is 1.27 bits per heavy atom. The molecule has 0 aliphatic rings. The van der Waals surface area contributed by atoms with Gasteiger partial charge in [-0.2, -0.15) is 0 Å². The van der Waals surface area contributed by atoms with Crippen LogP contribution in [0, 0.1) is 0 Å². The smallest absolute Gasteiger partial charge is 0.131 e. The van der Waals surface area contributed by atoms with Gasteiger partial charge >= 0.3 is 0 Å². The van der Waals surface area contributed by atoms with Crippen molar-refractivity contribution in [2.24, 2.45) is 0 Å². The zero-order valence-electron chi connectivity index (χ0n) is 7.48. The van der Waals surface area contributed by atoms with Crippen molar-refractivity contribution in [3.63, 3.8) is 0 Å². The molecular weight excluding hydrogens is 316 g/mol. The molecule has 0 amide bonds. The standard InChI is InChI=1S/C9H6BrClN2S2/c10-8-12-13-9(15-8)14-5-6-1-3-7(11)4-2-6/h1-4H,5H2. The number of thioether (sulfide) groups is 1. The van der Waals surface area contributed by atoms with Gasteiger partial charge in [0.25, 0.3) is 0 Å². The summed E-state index contributed by atoms with van der Waals surface area (Å²) in [5, 5.41) is 8.66. The maximum absolute atomic E-state index is 5.80. The SMILES string of the molecule is Clc1ccc(CSc2nnc(Br)s2)cc1. The molecule has 0 aliphatic heterocycles. The van der Waals surface area contributed by atoms with E-state index < -0.39 is 0 Å². The topological polar surface area (TPSA) is 25.8 Å². The van der Waals surface area contributed by atoms with Gasteiger partial charge in [0.2, 0.25) is 0 Å². The Morgan fingerprint density at radius 3 is 2.60 bits per heavy atom. The second kappa shape index (κ2) is 5.30. The van der Waals surface area contributed by atoms with Crippen LogP contribution < -0.4 is 0 Å². The number of halogens is 2. The Hall–Kier alpha value is -0.100. The van der Waals surface area contributed by atoms with Crippen LogP contribution in [0.2, 0.25) is 5.02 Å². The van der Waals surface area contributed by atoms with E-state index in [1.54, 1.807) is 23.1 Å². The van der Waals surface area contributed by atoms with E-state index in [1.165, 1.54) is 5.56 Å². The minimum atomic E-state index is 0.766. The second-order valence-corrected chi connectivity index (χ2v) is 6.65. The maximum atomic E-state index is 5.80. The predicted octanol–water partition coefficient (Wildman–Crippen LogP) is 4.25. The van der Waals surface area contributed by atoms with Gasteiger partial charge in [-0.15, -0.1) is 10.2 Å². The zero-order valence-corrected chi connectivity index (χ0v) is 11.5. The predicted molar refractivity (Wildman–Crippen MR) is 68.6 cm³/mol. The molecule has 6 heteroatoms. The lowest BCUT2D eigenvalue weighted by atomic mass is 10.2. The number of hydrogen-bond acceptors (Lipinski definition) is 4. The van der Waals surface area contributed by atoms with Gasteiger partial charge in [0, 0.05) is 10.8 Å². The first kappa shape index (κ1) is 11.4. The lowest BCUT2D eigenvalue weighted by molar-refractivity contribution is 0.997. The third-order valence-electron chi connectivity index (χ3n) is 1.66. The summed E-state index contributed by atoms with van der Waals surface area (Å²) >= 11 is 12.3. The van der Waals surface area contributed by atoms with E-state index in [1.807, 2.05) is 24.3 Å². The molecule has 0 bridgehead atoms. The number of hydrogen-bond donors (Lipinski definition) is 0. The van der Waals surface area contributed by atoms with Crippen LogP contribution >= 0.6 is 50.6 Å². The molecule has 0 N–H and O–H groups in total. The molecule has 0 saturated heterocycles.